The molecule has 1 aliphatic carbocycles. The van der Waals surface area contributed by atoms with Gasteiger partial charge in [-0.2, -0.15) is 0 Å². The van der Waals surface area contributed by atoms with E-state index in [9.17, 15) is 0 Å². The second-order valence-corrected chi connectivity index (χ2v) is 7.28. The molecule has 0 aromatic heterocycles. The molecule has 0 aromatic rings. The van der Waals surface area contributed by atoms with Crippen LogP contribution in [0.15, 0.2) is 0 Å². The van der Waals surface area contributed by atoms with Gasteiger partial charge in [-0.3, -0.25) is 4.90 Å². The second-order valence-electron chi connectivity index (χ2n) is 7.28. The van der Waals surface area contributed by atoms with Gasteiger partial charge >= 0.3 is 0 Å². The first-order valence-electron chi connectivity index (χ1n) is 8.61. The monoisotopic (exact) mass is 266 g/mol. The molecule has 1 saturated carbocycles. The van der Waals surface area contributed by atoms with Crippen LogP contribution in [0.2, 0.25) is 0 Å². The van der Waals surface area contributed by atoms with Crippen LogP contribution in [0.5, 0.6) is 0 Å². The molecule has 1 heterocycles. The van der Waals surface area contributed by atoms with Crippen LogP contribution in [-0.2, 0) is 0 Å². The predicted molar refractivity (Wildman–Crippen MR) is 83.4 cm³/mol. The highest BCUT2D eigenvalue weighted by atomic mass is 15.2. The number of nitrogens with zero attached hydrogens (tertiary/aromatic N) is 1. The highest BCUT2D eigenvalue weighted by Gasteiger charge is 2.39. The molecule has 2 rings (SSSR count). The molecular formula is C17H34N2. The van der Waals surface area contributed by atoms with E-state index in [1.807, 2.05) is 0 Å². The highest BCUT2D eigenvalue weighted by Crippen LogP contribution is 2.37. The number of rotatable bonds is 7. The van der Waals surface area contributed by atoms with E-state index in [0.29, 0.717) is 0 Å². The lowest BCUT2D eigenvalue weighted by molar-refractivity contribution is 0.0880. The number of piperazine rings is 1. The van der Waals surface area contributed by atoms with Crippen molar-refractivity contribution in [1.29, 1.82) is 0 Å². The fourth-order valence-electron chi connectivity index (χ4n) is 3.66. The molecule has 0 aromatic carbocycles. The maximum Gasteiger partial charge on any atom is 0.0249 e. The van der Waals surface area contributed by atoms with Crippen LogP contribution in [0.1, 0.15) is 59.8 Å². The van der Waals surface area contributed by atoms with Crippen molar-refractivity contribution in [3.63, 3.8) is 0 Å². The third kappa shape index (κ3) is 4.46. The van der Waals surface area contributed by atoms with Gasteiger partial charge in [-0.25, -0.2) is 0 Å². The van der Waals surface area contributed by atoms with Crippen LogP contribution in [0.4, 0.5) is 0 Å². The Morgan fingerprint density at radius 1 is 1.16 bits per heavy atom. The average Bonchev–Trinajstić information content (AvgIpc) is 3.19. The van der Waals surface area contributed by atoms with Crippen molar-refractivity contribution < 1.29 is 0 Å². The zero-order chi connectivity index (χ0) is 13.8. The van der Waals surface area contributed by atoms with Gasteiger partial charge in [-0.1, -0.05) is 40.5 Å². The summed E-state index contributed by atoms with van der Waals surface area (Å²) >= 11 is 0. The van der Waals surface area contributed by atoms with E-state index in [4.69, 9.17) is 0 Å². The fourth-order valence-corrected chi connectivity index (χ4v) is 3.66. The van der Waals surface area contributed by atoms with Crippen molar-refractivity contribution in [2.45, 2.75) is 71.9 Å². The van der Waals surface area contributed by atoms with E-state index in [0.717, 1.165) is 29.8 Å². The molecule has 0 spiro atoms. The molecule has 2 unspecified atom stereocenters. The zero-order valence-electron chi connectivity index (χ0n) is 13.5. The molecular weight excluding hydrogens is 232 g/mol. The van der Waals surface area contributed by atoms with Gasteiger partial charge in [0.25, 0.3) is 0 Å². The third-order valence-electron chi connectivity index (χ3n) is 5.11. The number of nitrogens with one attached hydrogen (secondary N) is 1. The summed E-state index contributed by atoms with van der Waals surface area (Å²) in [7, 11) is 0. The largest absolute Gasteiger partial charge is 0.311 e. The minimum Gasteiger partial charge on any atom is -0.311 e. The van der Waals surface area contributed by atoms with Crippen molar-refractivity contribution in [3.8, 4) is 0 Å². The maximum absolute atomic E-state index is 3.82. The lowest BCUT2D eigenvalue weighted by atomic mass is 9.95. The van der Waals surface area contributed by atoms with Crippen LogP contribution < -0.4 is 5.32 Å². The molecule has 2 nitrogen and oxygen atoms in total. The molecule has 112 valence electrons. The fraction of sp³-hybridized carbons (Fsp3) is 1.00. The minimum absolute atomic E-state index is 0.726. The SMILES string of the molecule is CCC(CC)CN1CC(CC(C)C)NCC1C1CC1. The zero-order valence-corrected chi connectivity index (χ0v) is 13.5. The predicted octanol–water partition coefficient (Wildman–Crippen LogP) is 3.52. The average molecular weight is 266 g/mol. The van der Waals surface area contributed by atoms with Crippen LogP contribution in [0, 0.1) is 17.8 Å². The molecule has 2 aliphatic rings. The second kappa shape index (κ2) is 7.08. The Labute approximate surface area is 120 Å². The molecule has 19 heavy (non-hydrogen) atoms. The Morgan fingerprint density at radius 3 is 2.37 bits per heavy atom. The van der Waals surface area contributed by atoms with Crippen molar-refractivity contribution in [1.82, 2.24) is 10.2 Å². The summed E-state index contributed by atoms with van der Waals surface area (Å²) in [5, 5.41) is 3.82. The summed E-state index contributed by atoms with van der Waals surface area (Å²) in [6.07, 6.45) is 6.96. The molecule has 0 bridgehead atoms. The van der Waals surface area contributed by atoms with Crippen molar-refractivity contribution in [2.75, 3.05) is 19.6 Å². The number of hydrogen-bond acceptors (Lipinski definition) is 2. The van der Waals surface area contributed by atoms with Gasteiger partial charge < -0.3 is 5.32 Å². The third-order valence-corrected chi connectivity index (χ3v) is 5.11. The first kappa shape index (κ1) is 15.3. The van der Waals surface area contributed by atoms with Gasteiger partial charge in [0.2, 0.25) is 0 Å². The van der Waals surface area contributed by atoms with E-state index in [-0.39, 0.29) is 0 Å². The van der Waals surface area contributed by atoms with E-state index in [2.05, 4.69) is 37.9 Å². The van der Waals surface area contributed by atoms with Crippen LogP contribution in [0.3, 0.4) is 0 Å². The Hall–Kier alpha value is -0.0800. The summed E-state index contributed by atoms with van der Waals surface area (Å²) in [6, 6.07) is 1.56. The van der Waals surface area contributed by atoms with Crippen molar-refractivity contribution in [3.05, 3.63) is 0 Å². The molecule has 2 fully saturated rings. The van der Waals surface area contributed by atoms with E-state index in [1.54, 1.807) is 0 Å². The van der Waals surface area contributed by atoms with Gasteiger partial charge in [-0.15, -0.1) is 0 Å². The van der Waals surface area contributed by atoms with Gasteiger partial charge in [0.05, 0.1) is 0 Å². The quantitative estimate of drug-likeness (QED) is 0.758. The van der Waals surface area contributed by atoms with Crippen LogP contribution in [0.25, 0.3) is 0 Å². The Balaban J connectivity index is 1.91. The summed E-state index contributed by atoms with van der Waals surface area (Å²) in [5.41, 5.74) is 0. The molecule has 1 N–H and O–H groups in total. The standard InChI is InChI=1S/C17H34N2/c1-5-14(6-2)11-19-12-16(9-13(3)4)18-10-17(19)15-7-8-15/h13-18H,5-12H2,1-4H3. The molecule has 0 radical (unpaired) electrons. The van der Waals surface area contributed by atoms with Crippen LogP contribution >= 0.6 is 0 Å². The molecule has 2 atom stereocenters. The molecule has 2 heteroatoms. The Morgan fingerprint density at radius 2 is 1.84 bits per heavy atom. The Kier molecular flexibility index (Phi) is 5.70. The normalized spacial score (nSPS) is 29.4. The van der Waals surface area contributed by atoms with Gasteiger partial charge in [0.1, 0.15) is 0 Å². The number of hydrogen-bond donors (Lipinski definition) is 1. The first-order valence-corrected chi connectivity index (χ1v) is 8.61. The topological polar surface area (TPSA) is 15.3 Å². The van der Waals surface area contributed by atoms with Crippen molar-refractivity contribution >= 4 is 0 Å². The maximum atomic E-state index is 3.82. The lowest BCUT2D eigenvalue weighted by Gasteiger charge is -2.42. The van der Waals surface area contributed by atoms with Gasteiger partial charge in [-0.05, 0) is 37.0 Å². The Bertz CT molecular complexity index is 256. The summed E-state index contributed by atoms with van der Waals surface area (Å²) in [4.78, 5) is 2.85. The first-order chi connectivity index (χ1) is 9.13. The van der Waals surface area contributed by atoms with E-state index in [1.165, 1.54) is 51.7 Å². The smallest absolute Gasteiger partial charge is 0.0249 e. The van der Waals surface area contributed by atoms with Crippen molar-refractivity contribution in [2.24, 2.45) is 17.8 Å². The minimum atomic E-state index is 0.726. The van der Waals surface area contributed by atoms with E-state index >= 15 is 0 Å². The lowest BCUT2D eigenvalue weighted by Crippen LogP contribution is -2.58. The molecule has 1 saturated heterocycles. The molecule has 1 aliphatic heterocycles. The van der Waals surface area contributed by atoms with Gasteiger partial charge in [0.15, 0.2) is 0 Å². The van der Waals surface area contributed by atoms with Crippen LogP contribution in [-0.4, -0.2) is 36.6 Å². The summed E-state index contributed by atoms with van der Waals surface area (Å²) in [5.74, 6) is 2.71. The van der Waals surface area contributed by atoms with Gasteiger partial charge in [0, 0.05) is 31.7 Å². The molecule has 0 amide bonds. The summed E-state index contributed by atoms with van der Waals surface area (Å²) < 4.78 is 0. The highest BCUT2D eigenvalue weighted by molar-refractivity contribution is 4.95. The van der Waals surface area contributed by atoms with E-state index < -0.39 is 0 Å². The summed E-state index contributed by atoms with van der Waals surface area (Å²) in [6.45, 7) is 13.3.